The number of rotatable bonds is 3. The largest absolute Gasteiger partial charge is 0.370 e. The van der Waals surface area contributed by atoms with E-state index in [0.717, 1.165) is 17.9 Å². The molecule has 1 aliphatic rings. The van der Waals surface area contributed by atoms with Gasteiger partial charge in [0, 0.05) is 5.69 Å². The molecule has 0 aliphatic heterocycles. The lowest BCUT2D eigenvalue weighted by Crippen LogP contribution is -2.26. The van der Waals surface area contributed by atoms with Crippen molar-refractivity contribution >= 4 is 11.6 Å². The molecule has 3 N–H and O–H groups in total. The van der Waals surface area contributed by atoms with Crippen LogP contribution in [0.5, 0.6) is 0 Å². The van der Waals surface area contributed by atoms with Crippen molar-refractivity contribution in [2.75, 3.05) is 5.32 Å². The first-order chi connectivity index (χ1) is 10.9. The third-order valence-electron chi connectivity index (χ3n) is 4.02. The van der Waals surface area contributed by atoms with Crippen molar-refractivity contribution < 1.29 is 0 Å². The van der Waals surface area contributed by atoms with E-state index >= 15 is 0 Å². The van der Waals surface area contributed by atoms with Crippen LogP contribution in [-0.2, 0) is 24.9 Å². The molecule has 0 amide bonds. The molecule has 1 aromatic carbocycles. The second-order valence-electron chi connectivity index (χ2n) is 6.92. The molecular weight excluding hydrogens is 288 g/mol. The molecule has 0 saturated carbocycles. The molecule has 23 heavy (non-hydrogen) atoms. The summed E-state index contributed by atoms with van der Waals surface area (Å²) in [6.45, 7) is 6.66. The average molecular weight is 312 g/mol. The van der Waals surface area contributed by atoms with E-state index in [0.29, 0.717) is 12.5 Å². The molecule has 0 bridgehead atoms. The quantitative estimate of drug-likeness (QED) is 0.674. The summed E-state index contributed by atoms with van der Waals surface area (Å²) in [7, 11) is 0. The summed E-state index contributed by atoms with van der Waals surface area (Å²) < 4.78 is 1.87. The maximum absolute atomic E-state index is 6.01. The predicted octanol–water partition coefficient (Wildman–Crippen LogP) is 2.45. The number of aliphatic imine (C=N–C) groups is 1. The molecular formula is C17H24N6. The third kappa shape index (κ3) is 3.52. The van der Waals surface area contributed by atoms with E-state index in [-0.39, 0.29) is 5.54 Å². The van der Waals surface area contributed by atoms with Crippen molar-refractivity contribution in [1.82, 2.24) is 14.8 Å². The number of nitrogens with one attached hydrogen (secondary N) is 1. The van der Waals surface area contributed by atoms with Crippen LogP contribution in [0, 0.1) is 0 Å². The van der Waals surface area contributed by atoms with Gasteiger partial charge in [-0.1, -0.05) is 6.07 Å². The van der Waals surface area contributed by atoms with Crippen LogP contribution in [0.1, 0.15) is 44.1 Å². The molecule has 1 aliphatic carbocycles. The van der Waals surface area contributed by atoms with E-state index in [2.05, 4.69) is 59.4 Å². The van der Waals surface area contributed by atoms with Gasteiger partial charge in [-0.25, -0.2) is 14.7 Å². The van der Waals surface area contributed by atoms with Gasteiger partial charge in [0.25, 0.3) is 0 Å². The number of aromatic nitrogens is 3. The Kier molecular flexibility index (Phi) is 4.07. The predicted molar refractivity (Wildman–Crippen MR) is 92.4 cm³/mol. The van der Waals surface area contributed by atoms with Gasteiger partial charge in [0.15, 0.2) is 5.96 Å². The van der Waals surface area contributed by atoms with Crippen LogP contribution < -0.4 is 11.1 Å². The first-order valence-corrected chi connectivity index (χ1v) is 8.01. The number of guanidine groups is 1. The van der Waals surface area contributed by atoms with Gasteiger partial charge in [-0.15, -0.1) is 0 Å². The number of aryl methyl sites for hydroxylation is 2. The monoisotopic (exact) mass is 312 g/mol. The number of nitrogens with two attached hydrogens (primary N) is 1. The lowest BCUT2D eigenvalue weighted by atomic mass is 10.1. The Hall–Kier alpha value is -2.37. The molecule has 3 rings (SSSR count). The number of anilines is 1. The summed E-state index contributed by atoms with van der Waals surface area (Å²) in [5, 5.41) is 7.43. The molecule has 2 aromatic rings. The van der Waals surface area contributed by atoms with E-state index in [1.807, 2.05) is 4.68 Å². The van der Waals surface area contributed by atoms with Gasteiger partial charge in [0.2, 0.25) is 0 Å². The zero-order valence-electron chi connectivity index (χ0n) is 14.0. The van der Waals surface area contributed by atoms with Gasteiger partial charge in [-0.3, -0.25) is 0 Å². The minimum atomic E-state index is -0.121. The number of nitrogens with zero attached hydrogens (tertiary/aromatic N) is 4. The fraction of sp³-hybridized carbons (Fsp3) is 0.471. The Bertz CT molecular complexity index is 723. The smallest absolute Gasteiger partial charge is 0.193 e. The zero-order valence-corrected chi connectivity index (χ0v) is 14.0. The van der Waals surface area contributed by atoms with E-state index < -0.39 is 0 Å². The van der Waals surface area contributed by atoms with Crippen LogP contribution in [-0.4, -0.2) is 20.7 Å². The SMILES string of the molecule is CC(C)(C)n1ncnc1CN=C(N)Nc1ccc2c(c1)CCC2. The summed E-state index contributed by atoms with van der Waals surface area (Å²) in [4.78, 5) is 8.66. The Balaban J connectivity index is 1.68. The van der Waals surface area contributed by atoms with Crippen molar-refractivity contribution in [3.05, 3.63) is 41.5 Å². The Morgan fingerprint density at radius 2 is 2.09 bits per heavy atom. The molecule has 6 heteroatoms. The topological polar surface area (TPSA) is 81.1 Å². The molecule has 1 heterocycles. The molecule has 0 spiro atoms. The van der Waals surface area contributed by atoms with Crippen LogP contribution in [0.2, 0.25) is 0 Å². The summed E-state index contributed by atoms with van der Waals surface area (Å²) in [6, 6.07) is 6.40. The minimum Gasteiger partial charge on any atom is -0.370 e. The molecule has 0 saturated heterocycles. The van der Waals surface area contributed by atoms with Gasteiger partial charge in [-0.2, -0.15) is 5.10 Å². The fourth-order valence-corrected chi connectivity index (χ4v) is 2.93. The first-order valence-electron chi connectivity index (χ1n) is 8.01. The maximum atomic E-state index is 6.01. The number of hydrogen-bond donors (Lipinski definition) is 2. The van der Waals surface area contributed by atoms with Crippen LogP contribution in [0.3, 0.4) is 0 Å². The van der Waals surface area contributed by atoms with Gasteiger partial charge < -0.3 is 11.1 Å². The molecule has 0 unspecified atom stereocenters. The lowest BCUT2D eigenvalue weighted by molar-refractivity contribution is 0.342. The Morgan fingerprint density at radius 1 is 1.30 bits per heavy atom. The summed E-state index contributed by atoms with van der Waals surface area (Å²) in [6.07, 6.45) is 5.13. The maximum Gasteiger partial charge on any atom is 0.193 e. The lowest BCUT2D eigenvalue weighted by Gasteiger charge is -2.20. The van der Waals surface area contributed by atoms with Crippen LogP contribution in [0.15, 0.2) is 29.5 Å². The van der Waals surface area contributed by atoms with Crippen molar-refractivity contribution in [3.8, 4) is 0 Å². The molecule has 0 fully saturated rings. The minimum absolute atomic E-state index is 0.121. The van der Waals surface area contributed by atoms with Gasteiger partial charge in [-0.05, 0) is 63.3 Å². The highest BCUT2D eigenvalue weighted by atomic mass is 15.4. The molecule has 0 radical (unpaired) electrons. The van der Waals surface area contributed by atoms with Crippen LogP contribution >= 0.6 is 0 Å². The van der Waals surface area contributed by atoms with Crippen LogP contribution in [0.25, 0.3) is 0 Å². The van der Waals surface area contributed by atoms with Crippen molar-refractivity contribution in [1.29, 1.82) is 0 Å². The summed E-state index contributed by atoms with van der Waals surface area (Å²) >= 11 is 0. The van der Waals surface area contributed by atoms with Crippen molar-refractivity contribution in [3.63, 3.8) is 0 Å². The molecule has 1 aromatic heterocycles. The second-order valence-corrected chi connectivity index (χ2v) is 6.92. The van der Waals surface area contributed by atoms with Gasteiger partial charge in [0.05, 0.1) is 5.54 Å². The number of hydrogen-bond acceptors (Lipinski definition) is 3. The average Bonchev–Trinajstić information content (AvgIpc) is 3.12. The third-order valence-corrected chi connectivity index (χ3v) is 4.02. The molecule has 122 valence electrons. The molecule has 6 nitrogen and oxygen atoms in total. The van der Waals surface area contributed by atoms with Crippen molar-refractivity contribution in [2.45, 2.75) is 52.1 Å². The number of fused-ring (bicyclic) bond motifs is 1. The van der Waals surface area contributed by atoms with Crippen LogP contribution in [0.4, 0.5) is 5.69 Å². The Labute approximate surface area is 136 Å². The standard InChI is InChI=1S/C17H24N6/c1-17(2,3)23-15(20-11-21-23)10-19-16(18)22-14-8-7-12-5-4-6-13(12)9-14/h7-9,11H,4-6,10H2,1-3H3,(H3,18,19,22). The normalized spacial score (nSPS) is 14.8. The summed E-state index contributed by atoms with van der Waals surface area (Å²) in [5.41, 5.74) is 9.74. The molecule has 0 atom stereocenters. The number of benzene rings is 1. The fourth-order valence-electron chi connectivity index (χ4n) is 2.93. The highest BCUT2D eigenvalue weighted by Crippen LogP contribution is 2.24. The second kappa shape index (κ2) is 6.02. The highest BCUT2D eigenvalue weighted by molar-refractivity contribution is 5.92. The zero-order chi connectivity index (χ0) is 16.4. The Morgan fingerprint density at radius 3 is 2.87 bits per heavy atom. The first kappa shape index (κ1) is 15.5. The van der Waals surface area contributed by atoms with E-state index in [9.17, 15) is 0 Å². The van der Waals surface area contributed by atoms with Crippen molar-refractivity contribution in [2.24, 2.45) is 10.7 Å². The van der Waals surface area contributed by atoms with E-state index in [4.69, 9.17) is 5.73 Å². The van der Waals surface area contributed by atoms with Gasteiger partial charge >= 0.3 is 0 Å². The highest BCUT2D eigenvalue weighted by Gasteiger charge is 2.18. The van der Waals surface area contributed by atoms with E-state index in [1.54, 1.807) is 6.33 Å². The van der Waals surface area contributed by atoms with E-state index in [1.165, 1.54) is 24.0 Å². The van der Waals surface area contributed by atoms with Gasteiger partial charge in [0.1, 0.15) is 18.7 Å². The summed E-state index contributed by atoms with van der Waals surface area (Å²) in [5.74, 6) is 1.20.